The van der Waals surface area contributed by atoms with Crippen LogP contribution in [0.25, 0.3) is 0 Å². The van der Waals surface area contributed by atoms with Crippen LogP contribution in [0.3, 0.4) is 0 Å². The fraction of sp³-hybridized carbons (Fsp3) is 0.200. The number of benzene rings is 2. The Labute approximate surface area is 232 Å². The molecule has 1 aromatic heterocycles. The second kappa shape index (κ2) is 10.7. The Morgan fingerprint density at radius 2 is 1.78 bits per heavy atom. The first-order chi connectivity index (χ1) is 19.3. The van der Waals surface area contributed by atoms with E-state index in [9.17, 15) is 45.3 Å². The highest BCUT2D eigenvalue weighted by molar-refractivity contribution is 7.91. The molecule has 1 aliphatic heterocycles. The van der Waals surface area contributed by atoms with E-state index in [1.165, 1.54) is 37.3 Å². The number of halogens is 3. The van der Waals surface area contributed by atoms with Crippen molar-refractivity contribution in [3.63, 3.8) is 0 Å². The molecule has 2 amide bonds. The number of sulfonamides is 1. The highest BCUT2D eigenvalue weighted by atomic mass is 32.2. The van der Waals surface area contributed by atoms with Gasteiger partial charge < -0.3 is 0 Å². The van der Waals surface area contributed by atoms with Gasteiger partial charge in [-0.1, -0.05) is 18.2 Å². The van der Waals surface area contributed by atoms with E-state index in [4.69, 9.17) is 0 Å². The number of aromatic nitrogens is 2. The normalized spacial score (nSPS) is 16.2. The maximum Gasteiger partial charge on any atom is 0.343 e. The van der Waals surface area contributed by atoms with Crippen molar-refractivity contribution in [3.05, 3.63) is 82.8 Å². The average Bonchev–Trinajstić information content (AvgIpc) is 3.44. The third kappa shape index (κ3) is 5.15. The Morgan fingerprint density at radius 3 is 2.34 bits per heavy atom. The van der Waals surface area contributed by atoms with Crippen LogP contribution in [0.15, 0.2) is 75.9 Å². The summed E-state index contributed by atoms with van der Waals surface area (Å²) in [5.74, 6) is 0. The summed E-state index contributed by atoms with van der Waals surface area (Å²) in [6.07, 6.45) is 1.85. The number of amides is 2. The van der Waals surface area contributed by atoms with E-state index in [0.29, 0.717) is 12.4 Å². The van der Waals surface area contributed by atoms with E-state index in [2.05, 4.69) is 5.10 Å². The lowest BCUT2D eigenvalue weighted by Gasteiger charge is -2.41. The monoisotopic (exact) mass is 604 g/mol. The molecule has 1 aliphatic rings. The number of allylic oxidation sites excluding steroid dienone is 1. The first-order valence-corrected chi connectivity index (χ1v) is 14.8. The SMILES string of the molecule is CC1=C(C#N)[C@@H](c2ccc(C#N)cc2S(C)(=O)=O)N(S(=O)(=O)c2cnn(C(F)F)c2)C(=O)N1c1cccc(CF)c1. The zero-order valence-corrected chi connectivity index (χ0v) is 22.9. The molecule has 0 saturated carbocycles. The molecule has 0 N–H and O–H groups in total. The summed E-state index contributed by atoms with van der Waals surface area (Å²) in [7, 11) is -9.30. The number of urea groups is 1. The largest absolute Gasteiger partial charge is 0.343 e. The quantitative estimate of drug-likeness (QED) is 0.388. The molecule has 0 bridgehead atoms. The Balaban J connectivity index is 2.10. The van der Waals surface area contributed by atoms with Gasteiger partial charge in [0.2, 0.25) is 0 Å². The molecule has 3 aromatic rings. The molecule has 1 atom stereocenters. The summed E-state index contributed by atoms with van der Waals surface area (Å²) in [6.45, 7) is -2.84. The van der Waals surface area contributed by atoms with Crippen molar-refractivity contribution in [1.29, 1.82) is 10.5 Å². The van der Waals surface area contributed by atoms with Crippen LogP contribution in [0.2, 0.25) is 0 Å². The van der Waals surface area contributed by atoms with E-state index in [-0.39, 0.29) is 37.1 Å². The van der Waals surface area contributed by atoms with Gasteiger partial charge in [0, 0.05) is 12.0 Å². The number of anilines is 1. The van der Waals surface area contributed by atoms with Gasteiger partial charge in [-0.15, -0.1) is 0 Å². The van der Waals surface area contributed by atoms with Gasteiger partial charge >= 0.3 is 12.6 Å². The van der Waals surface area contributed by atoms with Crippen LogP contribution in [0, 0.1) is 22.7 Å². The van der Waals surface area contributed by atoms with Crippen molar-refractivity contribution >= 4 is 31.6 Å². The minimum atomic E-state index is -5.12. The van der Waals surface area contributed by atoms with Crippen LogP contribution < -0.4 is 4.90 Å². The molecule has 212 valence electrons. The van der Waals surface area contributed by atoms with Crippen molar-refractivity contribution in [2.75, 3.05) is 11.2 Å². The Hall–Kier alpha value is -4.67. The number of hydrogen-bond donors (Lipinski definition) is 0. The number of rotatable bonds is 7. The third-order valence-electron chi connectivity index (χ3n) is 6.23. The molecular weight excluding hydrogens is 585 g/mol. The molecule has 0 unspecified atom stereocenters. The van der Waals surface area contributed by atoms with Crippen LogP contribution in [-0.4, -0.2) is 43.2 Å². The lowest BCUT2D eigenvalue weighted by Crippen LogP contribution is -2.52. The molecule has 4 rings (SSSR count). The second-order valence-electron chi connectivity index (χ2n) is 8.81. The van der Waals surface area contributed by atoms with Crippen LogP contribution in [0.1, 0.15) is 36.2 Å². The maximum atomic E-state index is 14.1. The van der Waals surface area contributed by atoms with Gasteiger partial charge in [0.1, 0.15) is 17.6 Å². The van der Waals surface area contributed by atoms with Gasteiger partial charge in [0.05, 0.1) is 46.3 Å². The number of nitriles is 2. The Morgan fingerprint density at radius 1 is 1.07 bits per heavy atom. The predicted octanol–water partition coefficient (Wildman–Crippen LogP) is 4.19. The molecule has 0 fully saturated rings. The minimum absolute atomic E-state index is 0.0134. The number of carbonyl (C=O) groups is 1. The van der Waals surface area contributed by atoms with Crippen molar-refractivity contribution in [2.45, 2.75) is 36.0 Å². The number of nitrogens with zero attached hydrogens (tertiary/aromatic N) is 6. The molecule has 0 radical (unpaired) electrons. The van der Waals surface area contributed by atoms with Crippen LogP contribution >= 0.6 is 0 Å². The number of hydrogen-bond acceptors (Lipinski definition) is 8. The molecule has 0 spiro atoms. The van der Waals surface area contributed by atoms with Gasteiger partial charge in [0.25, 0.3) is 10.0 Å². The first-order valence-electron chi connectivity index (χ1n) is 11.5. The number of carbonyl (C=O) groups excluding carboxylic acids is 1. The van der Waals surface area contributed by atoms with E-state index in [1.54, 1.807) is 6.07 Å². The maximum absolute atomic E-state index is 14.1. The van der Waals surface area contributed by atoms with E-state index >= 15 is 0 Å². The number of alkyl halides is 3. The van der Waals surface area contributed by atoms with Gasteiger partial charge in [-0.05, 0) is 42.3 Å². The Bertz CT molecular complexity index is 1890. The van der Waals surface area contributed by atoms with Crippen molar-refractivity contribution in [3.8, 4) is 12.1 Å². The first kappa shape index (κ1) is 29.3. The summed E-state index contributed by atoms with van der Waals surface area (Å²) in [4.78, 5) is 13.5. The molecule has 0 aliphatic carbocycles. The van der Waals surface area contributed by atoms with Crippen LogP contribution in [-0.2, 0) is 26.5 Å². The highest BCUT2D eigenvalue weighted by Crippen LogP contribution is 2.44. The second-order valence-corrected chi connectivity index (χ2v) is 12.6. The fourth-order valence-electron chi connectivity index (χ4n) is 4.36. The minimum Gasteiger partial charge on any atom is -0.265 e. The molecule has 11 nitrogen and oxygen atoms in total. The molecular formula is C25H19F3N6O5S2. The predicted molar refractivity (Wildman–Crippen MR) is 137 cm³/mol. The molecule has 2 heterocycles. The zero-order chi connectivity index (χ0) is 30.3. The van der Waals surface area contributed by atoms with E-state index in [0.717, 1.165) is 23.3 Å². The van der Waals surface area contributed by atoms with Gasteiger partial charge in [0.15, 0.2) is 9.84 Å². The summed E-state index contributed by atoms with van der Waals surface area (Å²) < 4.78 is 93.6. The molecule has 0 saturated heterocycles. The lowest BCUT2D eigenvalue weighted by molar-refractivity contribution is 0.0563. The van der Waals surface area contributed by atoms with Crippen molar-refractivity contribution in [2.24, 2.45) is 0 Å². The molecule has 41 heavy (non-hydrogen) atoms. The van der Waals surface area contributed by atoms with Crippen molar-refractivity contribution in [1.82, 2.24) is 14.1 Å². The van der Waals surface area contributed by atoms with Gasteiger partial charge in [-0.25, -0.2) is 35.0 Å². The van der Waals surface area contributed by atoms with E-state index < -0.39 is 60.5 Å². The zero-order valence-electron chi connectivity index (χ0n) is 21.2. The Kier molecular flexibility index (Phi) is 7.66. The fourth-order valence-corrected chi connectivity index (χ4v) is 6.74. The summed E-state index contributed by atoms with van der Waals surface area (Å²) in [5.41, 5.74) is -0.819. The van der Waals surface area contributed by atoms with Crippen LogP contribution in [0.4, 0.5) is 23.7 Å². The summed E-state index contributed by atoms with van der Waals surface area (Å²) >= 11 is 0. The van der Waals surface area contributed by atoms with Crippen molar-refractivity contribution < 1.29 is 34.8 Å². The highest BCUT2D eigenvalue weighted by Gasteiger charge is 2.48. The molecule has 2 aromatic carbocycles. The van der Waals surface area contributed by atoms with Gasteiger partial charge in [-0.2, -0.15) is 24.4 Å². The number of sulfone groups is 1. The average molecular weight is 605 g/mol. The summed E-state index contributed by atoms with van der Waals surface area (Å²) in [5, 5.41) is 22.9. The summed E-state index contributed by atoms with van der Waals surface area (Å²) in [6, 6.07) is 9.07. The topological polar surface area (TPSA) is 157 Å². The van der Waals surface area contributed by atoms with Gasteiger partial charge in [-0.3, -0.25) is 4.90 Å². The molecule has 16 heteroatoms. The van der Waals surface area contributed by atoms with E-state index in [1.807, 2.05) is 6.07 Å². The standard InChI is InChI=1S/C25H19F3N6O5S2/c1-15-21(12-30)23(20-7-6-17(11-29)9-22(20)40(2,36)37)34(41(38,39)19-13-31-32(14-19)24(27)28)25(35)33(15)18-5-3-4-16(8-18)10-26/h3-9,13-14,23-24H,10H2,1-2H3/t23-/m1/s1. The lowest BCUT2D eigenvalue weighted by atomic mass is 9.94. The smallest absolute Gasteiger partial charge is 0.265 e. The third-order valence-corrected chi connectivity index (χ3v) is 9.07. The van der Waals surface area contributed by atoms with Crippen LogP contribution in [0.5, 0.6) is 0 Å².